The van der Waals surface area contributed by atoms with E-state index in [1.807, 2.05) is 0 Å². The van der Waals surface area contributed by atoms with E-state index in [-0.39, 0.29) is 5.41 Å². The summed E-state index contributed by atoms with van der Waals surface area (Å²) in [5.41, 5.74) is 8.53. The zero-order valence-electron chi connectivity index (χ0n) is 9.71. The van der Waals surface area contributed by atoms with Crippen LogP contribution in [0.2, 0.25) is 0 Å². The number of nitrogens with two attached hydrogens (primary N) is 1. The Morgan fingerprint density at radius 2 is 2.06 bits per heavy atom. The molecule has 1 heterocycles. The molecule has 0 radical (unpaired) electrons. The first kappa shape index (κ1) is 11.3. The van der Waals surface area contributed by atoms with Gasteiger partial charge in [-0.25, -0.2) is 0 Å². The lowest BCUT2D eigenvalue weighted by Crippen LogP contribution is -2.31. The lowest BCUT2D eigenvalue weighted by molar-refractivity contribution is 0.453. The molecule has 1 saturated carbocycles. The zero-order valence-corrected chi connectivity index (χ0v) is 11.3. The normalized spacial score (nSPS) is 18.9. The standard InChI is InChI=1S/C14H16BrNO/c15-12-8-17-13-4-3-10(7-11(12)13)14(9-16)5-1-2-6-14/h3-4,7-8H,1-2,5-6,9,16H2. The number of hydrogen-bond acceptors (Lipinski definition) is 2. The summed E-state index contributed by atoms with van der Waals surface area (Å²) in [6, 6.07) is 6.47. The van der Waals surface area contributed by atoms with E-state index >= 15 is 0 Å². The van der Waals surface area contributed by atoms with Gasteiger partial charge >= 0.3 is 0 Å². The summed E-state index contributed by atoms with van der Waals surface area (Å²) < 4.78 is 6.48. The molecule has 3 rings (SSSR count). The maximum absolute atomic E-state index is 6.02. The fourth-order valence-corrected chi connectivity index (χ4v) is 3.39. The van der Waals surface area contributed by atoms with Crippen molar-refractivity contribution in [2.24, 2.45) is 5.73 Å². The van der Waals surface area contributed by atoms with Crippen molar-refractivity contribution in [2.45, 2.75) is 31.1 Å². The Balaban J connectivity index is 2.13. The van der Waals surface area contributed by atoms with Crippen LogP contribution < -0.4 is 5.73 Å². The molecule has 0 bridgehead atoms. The van der Waals surface area contributed by atoms with Crippen LogP contribution in [0.4, 0.5) is 0 Å². The van der Waals surface area contributed by atoms with Gasteiger partial charge in [0, 0.05) is 17.3 Å². The molecule has 0 saturated heterocycles. The summed E-state index contributed by atoms with van der Waals surface area (Å²) in [7, 11) is 0. The van der Waals surface area contributed by atoms with Crippen molar-refractivity contribution in [3.63, 3.8) is 0 Å². The molecule has 1 aromatic carbocycles. The molecule has 0 unspecified atom stereocenters. The third-order valence-corrected chi connectivity index (χ3v) is 4.70. The highest BCUT2D eigenvalue weighted by Crippen LogP contribution is 2.41. The second-order valence-corrected chi connectivity index (χ2v) is 5.84. The van der Waals surface area contributed by atoms with E-state index in [9.17, 15) is 0 Å². The first-order valence-electron chi connectivity index (χ1n) is 6.12. The van der Waals surface area contributed by atoms with E-state index in [1.165, 1.54) is 31.2 Å². The Labute approximate surface area is 109 Å². The molecule has 90 valence electrons. The number of fused-ring (bicyclic) bond motifs is 1. The molecule has 0 amide bonds. The SMILES string of the molecule is NCC1(c2ccc3occ(Br)c3c2)CCCC1. The Bertz CT molecular complexity index is 540. The maximum atomic E-state index is 6.02. The van der Waals surface area contributed by atoms with Crippen molar-refractivity contribution in [3.8, 4) is 0 Å². The van der Waals surface area contributed by atoms with Crippen LogP contribution in [0.1, 0.15) is 31.2 Å². The van der Waals surface area contributed by atoms with Crippen molar-refractivity contribution >= 4 is 26.9 Å². The molecular weight excluding hydrogens is 278 g/mol. The van der Waals surface area contributed by atoms with E-state index in [1.54, 1.807) is 6.26 Å². The van der Waals surface area contributed by atoms with Crippen molar-refractivity contribution in [3.05, 3.63) is 34.5 Å². The fraction of sp³-hybridized carbons (Fsp3) is 0.429. The van der Waals surface area contributed by atoms with E-state index in [0.29, 0.717) is 0 Å². The number of rotatable bonds is 2. The fourth-order valence-electron chi connectivity index (χ4n) is 2.99. The van der Waals surface area contributed by atoms with E-state index in [4.69, 9.17) is 10.2 Å². The molecule has 1 aromatic heterocycles. The van der Waals surface area contributed by atoms with Crippen molar-refractivity contribution in [1.29, 1.82) is 0 Å². The van der Waals surface area contributed by atoms with Gasteiger partial charge in [0.05, 0.1) is 4.47 Å². The second-order valence-electron chi connectivity index (χ2n) is 4.99. The molecule has 0 atom stereocenters. The van der Waals surface area contributed by atoms with Gasteiger partial charge in [-0.05, 0) is 46.5 Å². The van der Waals surface area contributed by atoms with Gasteiger partial charge in [0.2, 0.25) is 0 Å². The van der Waals surface area contributed by atoms with Crippen LogP contribution >= 0.6 is 15.9 Å². The number of hydrogen-bond donors (Lipinski definition) is 1. The van der Waals surface area contributed by atoms with Crippen molar-refractivity contribution in [2.75, 3.05) is 6.54 Å². The molecule has 1 fully saturated rings. The van der Waals surface area contributed by atoms with Crippen molar-refractivity contribution < 1.29 is 4.42 Å². The third kappa shape index (κ3) is 1.72. The first-order valence-corrected chi connectivity index (χ1v) is 6.92. The summed E-state index contributed by atoms with van der Waals surface area (Å²) in [4.78, 5) is 0. The average Bonchev–Trinajstić information content (AvgIpc) is 2.97. The van der Waals surface area contributed by atoms with Gasteiger partial charge in [0.25, 0.3) is 0 Å². The van der Waals surface area contributed by atoms with E-state index in [0.717, 1.165) is 22.0 Å². The highest BCUT2D eigenvalue weighted by Gasteiger charge is 2.34. The summed E-state index contributed by atoms with van der Waals surface area (Å²) in [5.74, 6) is 0. The Kier molecular flexibility index (Phi) is 2.75. The molecule has 2 nitrogen and oxygen atoms in total. The Hall–Kier alpha value is -0.800. The maximum Gasteiger partial charge on any atom is 0.135 e. The Morgan fingerprint density at radius 1 is 1.29 bits per heavy atom. The molecular formula is C14H16BrNO. The summed E-state index contributed by atoms with van der Waals surface area (Å²) in [6.07, 6.45) is 6.76. The molecule has 1 aliphatic carbocycles. The van der Waals surface area contributed by atoms with Crippen LogP contribution in [0, 0.1) is 0 Å². The number of halogens is 1. The highest BCUT2D eigenvalue weighted by molar-refractivity contribution is 9.10. The molecule has 1 aliphatic rings. The summed E-state index contributed by atoms with van der Waals surface area (Å²) in [6.45, 7) is 0.744. The third-order valence-electron chi connectivity index (χ3n) is 4.09. The van der Waals surface area contributed by atoms with Crippen LogP contribution in [0.25, 0.3) is 11.0 Å². The van der Waals surface area contributed by atoms with Gasteiger partial charge in [-0.3, -0.25) is 0 Å². The van der Waals surface area contributed by atoms with Crippen molar-refractivity contribution in [1.82, 2.24) is 0 Å². The minimum atomic E-state index is 0.199. The highest BCUT2D eigenvalue weighted by atomic mass is 79.9. The summed E-state index contributed by atoms with van der Waals surface area (Å²) in [5, 5.41) is 1.15. The second kappa shape index (κ2) is 4.14. The van der Waals surface area contributed by atoms with Gasteiger partial charge in [0.1, 0.15) is 11.8 Å². The molecule has 0 spiro atoms. The summed E-state index contributed by atoms with van der Waals surface area (Å²) >= 11 is 3.52. The van der Waals surface area contributed by atoms with Crippen LogP contribution in [0.3, 0.4) is 0 Å². The first-order chi connectivity index (χ1) is 8.25. The van der Waals surface area contributed by atoms with E-state index < -0.39 is 0 Å². The van der Waals surface area contributed by atoms with Gasteiger partial charge < -0.3 is 10.2 Å². The minimum absolute atomic E-state index is 0.199. The largest absolute Gasteiger partial charge is 0.463 e. The van der Waals surface area contributed by atoms with Crippen LogP contribution in [0.5, 0.6) is 0 Å². The molecule has 3 heteroatoms. The monoisotopic (exact) mass is 293 g/mol. The lowest BCUT2D eigenvalue weighted by Gasteiger charge is -2.27. The topological polar surface area (TPSA) is 39.2 Å². The molecule has 17 heavy (non-hydrogen) atoms. The minimum Gasteiger partial charge on any atom is -0.463 e. The molecule has 2 N–H and O–H groups in total. The van der Waals surface area contributed by atoms with Gasteiger partial charge in [-0.1, -0.05) is 18.9 Å². The average molecular weight is 294 g/mol. The van der Waals surface area contributed by atoms with Crippen LogP contribution in [-0.2, 0) is 5.41 Å². The molecule has 2 aromatic rings. The van der Waals surface area contributed by atoms with E-state index in [2.05, 4.69) is 34.1 Å². The predicted octanol–water partition coefficient (Wildman–Crippen LogP) is 3.97. The zero-order chi connectivity index (χ0) is 11.9. The van der Waals surface area contributed by atoms with Crippen LogP contribution in [0.15, 0.2) is 33.4 Å². The smallest absolute Gasteiger partial charge is 0.135 e. The quantitative estimate of drug-likeness (QED) is 0.910. The van der Waals surface area contributed by atoms with Gasteiger partial charge in [0.15, 0.2) is 0 Å². The number of benzene rings is 1. The van der Waals surface area contributed by atoms with Crippen LogP contribution in [-0.4, -0.2) is 6.54 Å². The predicted molar refractivity (Wildman–Crippen MR) is 73.1 cm³/mol. The Morgan fingerprint density at radius 3 is 2.76 bits per heavy atom. The van der Waals surface area contributed by atoms with Gasteiger partial charge in [-0.2, -0.15) is 0 Å². The number of furan rings is 1. The van der Waals surface area contributed by atoms with Gasteiger partial charge in [-0.15, -0.1) is 0 Å². The lowest BCUT2D eigenvalue weighted by atomic mass is 9.79. The molecule has 0 aliphatic heterocycles.